The molecule has 0 aliphatic carbocycles. The number of halogens is 1. The Balaban J connectivity index is 1.52. The zero-order valence-electron chi connectivity index (χ0n) is 21.0. The number of methoxy groups -OCH3 is 1. The molecule has 9 nitrogen and oxygen atoms in total. The van der Waals surface area contributed by atoms with E-state index in [0.29, 0.717) is 42.3 Å². The molecule has 2 aliphatic rings. The minimum atomic E-state index is -0.335. The first-order valence-corrected chi connectivity index (χ1v) is 12.9. The molecule has 0 spiro atoms. The molecule has 1 N–H and O–H groups in total. The number of carbonyl (C=O) groups is 1. The van der Waals surface area contributed by atoms with Crippen molar-refractivity contribution in [2.75, 3.05) is 31.8 Å². The molecule has 10 heteroatoms. The van der Waals surface area contributed by atoms with Gasteiger partial charge in [0.05, 0.1) is 23.7 Å². The number of hydrogen-bond donors (Lipinski definition) is 1. The van der Waals surface area contributed by atoms with Gasteiger partial charge in [0.25, 0.3) is 11.5 Å². The first-order valence-electron chi connectivity index (χ1n) is 12.5. The van der Waals surface area contributed by atoms with E-state index in [9.17, 15) is 9.59 Å². The van der Waals surface area contributed by atoms with Crippen molar-refractivity contribution >= 4 is 39.9 Å². The zero-order chi connectivity index (χ0) is 25.8. The molecule has 6 rings (SSSR count). The Morgan fingerprint density at radius 2 is 1.97 bits per heavy atom. The quantitative estimate of drug-likeness (QED) is 0.436. The molecule has 0 radical (unpaired) electrons. The molecule has 1 atom stereocenters. The van der Waals surface area contributed by atoms with Gasteiger partial charge in [-0.15, -0.1) is 10.2 Å². The molecular formula is C27H28ClN5O4. The van der Waals surface area contributed by atoms with Crippen LogP contribution in [0.5, 0.6) is 0 Å². The maximum absolute atomic E-state index is 14.1. The lowest BCUT2D eigenvalue weighted by atomic mass is 9.97. The highest BCUT2D eigenvalue weighted by Gasteiger charge is 2.36. The molecule has 1 unspecified atom stereocenters. The fourth-order valence-corrected chi connectivity index (χ4v) is 5.99. The van der Waals surface area contributed by atoms with Gasteiger partial charge in [0.2, 0.25) is 5.65 Å². The van der Waals surface area contributed by atoms with Crippen LogP contribution in [0.4, 0.5) is 5.69 Å². The first kappa shape index (κ1) is 24.1. The van der Waals surface area contributed by atoms with Gasteiger partial charge in [0, 0.05) is 42.5 Å². The Morgan fingerprint density at radius 3 is 2.73 bits per heavy atom. The molecule has 2 aromatic heterocycles. The van der Waals surface area contributed by atoms with Crippen molar-refractivity contribution in [1.82, 2.24) is 19.6 Å². The number of nitrogens with one attached hydrogen (secondary N) is 1. The number of fused-ring (bicyclic) bond motifs is 4. The predicted molar refractivity (Wildman–Crippen MR) is 141 cm³/mol. The Kier molecular flexibility index (Phi) is 6.01. The summed E-state index contributed by atoms with van der Waals surface area (Å²) in [7, 11) is 1.63. The summed E-state index contributed by atoms with van der Waals surface area (Å²) in [6.07, 6.45) is 2.31. The van der Waals surface area contributed by atoms with Gasteiger partial charge in [0.15, 0.2) is 0 Å². The van der Waals surface area contributed by atoms with Crippen LogP contribution in [0, 0.1) is 13.8 Å². The van der Waals surface area contributed by atoms with Crippen LogP contribution in [0.1, 0.15) is 51.6 Å². The number of ether oxygens (including phenoxy) is 2. The van der Waals surface area contributed by atoms with E-state index in [2.05, 4.69) is 15.2 Å². The SMILES string of the molecule is COCC1Cc2cc(Cl)ccc2N1C(=O)c1cc2[nH]c(=O)c3nnc(C4CCOCC4)n3c2c(C)c1C. The van der Waals surface area contributed by atoms with Crippen molar-refractivity contribution in [1.29, 1.82) is 0 Å². The summed E-state index contributed by atoms with van der Waals surface area (Å²) in [6, 6.07) is 7.22. The molecule has 192 valence electrons. The summed E-state index contributed by atoms with van der Waals surface area (Å²) in [5.74, 6) is 0.777. The highest BCUT2D eigenvalue weighted by atomic mass is 35.5. The lowest BCUT2D eigenvalue weighted by Crippen LogP contribution is -2.40. The van der Waals surface area contributed by atoms with E-state index in [0.717, 1.165) is 46.6 Å². The summed E-state index contributed by atoms with van der Waals surface area (Å²) in [5, 5.41) is 9.28. The first-order chi connectivity index (χ1) is 17.9. The molecule has 4 heterocycles. The number of amides is 1. The normalized spacial score (nSPS) is 18.2. The van der Waals surface area contributed by atoms with Gasteiger partial charge >= 0.3 is 0 Å². The van der Waals surface area contributed by atoms with Gasteiger partial charge < -0.3 is 19.4 Å². The number of hydrogen-bond acceptors (Lipinski definition) is 6. The lowest BCUT2D eigenvalue weighted by molar-refractivity contribution is 0.0834. The van der Waals surface area contributed by atoms with Crippen molar-refractivity contribution in [3.63, 3.8) is 0 Å². The Labute approximate surface area is 218 Å². The smallest absolute Gasteiger partial charge is 0.294 e. The standard InChI is InChI=1S/C27H28ClN5O4/c1-14-15(2)23-21(29-26(34)25-31-30-24(33(23)25)16-6-8-37-9-7-16)12-20(14)27(35)32-19(13-36-3)11-17-10-18(28)4-5-22(17)32/h4-5,10,12,16,19H,6-9,11,13H2,1-3H3,(H,29,34). The van der Waals surface area contributed by atoms with Crippen molar-refractivity contribution in [2.24, 2.45) is 0 Å². The zero-order valence-corrected chi connectivity index (χ0v) is 21.8. The summed E-state index contributed by atoms with van der Waals surface area (Å²) >= 11 is 6.24. The molecule has 1 amide bonds. The third-order valence-corrected chi connectivity index (χ3v) is 7.98. The maximum Gasteiger partial charge on any atom is 0.294 e. The fraction of sp³-hybridized carbons (Fsp3) is 0.407. The second-order valence-corrected chi connectivity index (χ2v) is 10.3. The topological polar surface area (TPSA) is 102 Å². The van der Waals surface area contributed by atoms with Crippen LogP contribution < -0.4 is 10.5 Å². The number of benzene rings is 2. The van der Waals surface area contributed by atoms with Crippen LogP contribution in [0.15, 0.2) is 29.1 Å². The number of anilines is 1. The predicted octanol–water partition coefficient (Wildman–Crippen LogP) is 3.95. The maximum atomic E-state index is 14.1. The summed E-state index contributed by atoms with van der Waals surface area (Å²) in [6.45, 7) is 5.63. The van der Waals surface area contributed by atoms with Crippen LogP contribution in [0.25, 0.3) is 16.7 Å². The Morgan fingerprint density at radius 1 is 1.19 bits per heavy atom. The average Bonchev–Trinajstić information content (AvgIpc) is 3.48. The number of aromatic nitrogens is 4. The van der Waals surface area contributed by atoms with Gasteiger partial charge in [-0.05, 0) is 74.1 Å². The summed E-state index contributed by atoms with van der Waals surface area (Å²) in [4.78, 5) is 31.9. The van der Waals surface area contributed by atoms with E-state index in [1.807, 2.05) is 30.4 Å². The number of aromatic amines is 1. The van der Waals surface area contributed by atoms with Gasteiger partial charge in [-0.1, -0.05) is 11.6 Å². The molecule has 37 heavy (non-hydrogen) atoms. The molecule has 4 aromatic rings. The Bertz CT molecular complexity index is 1600. The van der Waals surface area contributed by atoms with Gasteiger partial charge in [0.1, 0.15) is 5.82 Å². The Hall–Kier alpha value is -3.27. The minimum absolute atomic E-state index is 0.139. The van der Waals surface area contributed by atoms with E-state index in [1.165, 1.54) is 0 Å². The molecule has 2 aliphatic heterocycles. The van der Waals surface area contributed by atoms with Crippen molar-refractivity contribution < 1.29 is 14.3 Å². The van der Waals surface area contributed by atoms with Crippen LogP contribution in [0.3, 0.4) is 0 Å². The van der Waals surface area contributed by atoms with Gasteiger partial charge in [-0.2, -0.15) is 0 Å². The minimum Gasteiger partial charge on any atom is -0.383 e. The highest BCUT2D eigenvalue weighted by Crippen LogP contribution is 2.37. The lowest BCUT2D eigenvalue weighted by Gasteiger charge is -2.26. The molecule has 1 saturated heterocycles. The van der Waals surface area contributed by atoms with Crippen molar-refractivity contribution in [3.8, 4) is 0 Å². The average molecular weight is 522 g/mol. The fourth-order valence-electron chi connectivity index (χ4n) is 5.80. The van der Waals surface area contributed by atoms with E-state index >= 15 is 0 Å². The van der Waals surface area contributed by atoms with E-state index in [-0.39, 0.29) is 29.1 Å². The van der Waals surface area contributed by atoms with Crippen molar-refractivity contribution in [3.05, 3.63) is 67.7 Å². The largest absolute Gasteiger partial charge is 0.383 e. The second-order valence-electron chi connectivity index (χ2n) is 9.89. The number of carbonyl (C=O) groups excluding carboxylic acids is 1. The number of H-pyrrole nitrogens is 1. The molecule has 0 saturated carbocycles. The number of rotatable bonds is 4. The highest BCUT2D eigenvalue weighted by molar-refractivity contribution is 6.30. The van der Waals surface area contributed by atoms with E-state index in [4.69, 9.17) is 21.1 Å². The molecule has 2 aromatic carbocycles. The third-order valence-electron chi connectivity index (χ3n) is 7.74. The molecular weight excluding hydrogens is 494 g/mol. The van der Waals surface area contributed by atoms with Crippen molar-refractivity contribution in [2.45, 2.75) is 45.1 Å². The third kappa shape index (κ3) is 3.84. The summed E-state index contributed by atoms with van der Waals surface area (Å²) < 4.78 is 12.9. The van der Waals surface area contributed by atoms with Gasteiger partial charge in [-0.25, -0.2) is 0 Å². The number of aryl methyl sites for hydroxylation is 1. The molecule has 1 fully saturated rings. The number of nitrogens with zero attached hydrogens (tertiary/aromatic N) is 4. The monoisotopic (exact) mass is 521 g/mol. The van der Waals surface area contributed by atoms with Crippen LogP contribution >= 0.6 is 11.6 Å². The van der Waals surface area contributed by atoms with Gasteiger partial charge in [-0.3, -0.25) is 14.0 Å². The summed E-state index contributed by atoms with van der Waals surface area (Å²) in [5.41, 5.74) is 5.44. The van der Waals surface area contributed by atoms with Crippen LogP contribution in [-0.4, -0.2) is 58.5 Å². The van der Waals surface area contributed by atoms with Crippen LogP contribution in [0.2, 0.25) is 5.02 Å². The van der Waals surface area contributed by atoms with Crippen LogP contribution in [-0.2, 0) is 15.9 Å². The molecule has 0 bridgehead atoms. The second kappa shape index (κ2) is 9.24. The van der Waals surface area contributed by atoms with E-state index < -0.39 is 0 Å². The van der Waals surface area contributed by atoms with E-state index in [1.54, 1.807) is 24.1 Å².